The number of imidazole rings is 1. The molecule has 0 saturated heterocycles. The average molecular weight is 340 g/mol. The third-order valence-electron chi connectivity index (χ3n) is 4.12. The van der Waals surface area contributed by atoms with Crippen molar-refractivity contribution in [1.82, 2.24) is 9.55 Å². The summed E-state index contributed by atoms with van der Waals surface area (Å²) in [5.41, 5.74) is 19.6. The lowest BCUT2D eigenvalue weighted by Gasteiger charge is -2.10. The number of anilines is 1. The zero-order chi connectivity index (χ0) is 17.8. The smallest absolute Gasteiger partial charge is 0.185 e. The molecule has 25 heavy (non-hydrogen) atoms. The predicted molar refractivity (Wildman–Crippen MR) is 102 cm³/mol. The molecule has 0 saturated carbocycles. The number of hydrogen-bond donors (Lipinski definition) is 3. The van der Waals surface area contributed by atoms with E-state index in [4.69, 9.17) is 26.9 Å². The molecule has 1 aromatic heterocycles. The summed E-state index contributed by atoms with van der Waals surface area (Å²) in [4.78, 5) is 8.80. The molecule has 0 spiro atoms. The Morgan fingerprint density at radius 3 is 2.84 bits per heavy atom. The van der Waals surface area contributed by atoms with Crippen LogP contribution in [0.1, 0.15) is 19.2 Å². The number of nitrogens with two attached hydrogens (primary N) is 3. The SMILES string of the molecule is CCOCc1nc2c(N)cc3ccccc3c2n1CCCN=C(N)N. The van der Waals surface area contributed by atoms with Gasteiger partial charge in [0.15, 0.2) is 5.96 Å². The van der Waals surface area contributed by atoms with E-state index in [1.807, 2.05) is 25.1 Å². The Morgan fingerprint density at radius 1 is 1.28 bits per heavy atom. The monoisotopic (exact) mass is 340 g/mol. The summed E-state index contributed by atoms with van der Waals surface area (Å²) in [6.45, 7) is 4.35. The molecule has 132 valence electrons. The molecule has 1 heterocycles. The number of aliphatic imine (C=N–C) groups is 1. The summed E-state index contributed by atoms with van der Waals surface area (Å²) in [5.74, 6) is 0.976. The minimum Gasteiger partial charge on any atom is -0.397 e. The van der Waals surface area contributed by atoms with E-state index >= 15 is 0 Å². The Hall–Kier alpha value is -2.80. The van der Waals surface area contributed by atoms with Crippen LogP contribution in [-0.2, 0) is 17.9 Å². The number of rotatable bonds is 7. The van der Waals surface area contributed by atoms with Gasteiger partial charge in [-0.2, -0.15) is 0 Å². The highest BCUT2D eigenvalue weighted by Gasteiger charge is 2.16. The number of aryl methyl sites for hydroxylation is 1. The maximum absolute atomic E-state index is 6.26. The van der Waals surface area contributed by atoms with Crippen molar-refractivity contribution in [3.05, 3.63) is 36.2 Å². The van der Waals surface area contributed by atoms with Crippen LogP contribution in [-0.4, -0.2) is 28.7 Å². The van der Waals surface area contributed by atoms with E-state index in [2.05, 4.69) is 21.7 Å². The molecule has 6 N–H and O–H groups in total. The van der Waals surface area contributed by atoms with Crippen molar-refractivity contribution in [3.63, 3.8) is 0 Å². The third-order valence-corrected chi connectivity index (χ3v) is 4.12. The number of hydrogen-bond acceptors (Lipinski definition) is 4. The second-order valence-corrected chi connectivity index (χ2v) is 5.86. The number of benzene rings is 2. The van der Waals surface area contributed by atoms with Crippen LogP contribution in [0.2, 0.25) is 0 Å². The quantitative estimate of drug-likeness (QED) is 0.263. The molecular weight excluding hydrogens is 316 g/mol. The summed E-state index contributed by atoms with van der Waals surface area (Å²) in [6, 6.07) is 10.2. The van der Waals surface area contributed by atoms with Gasteiger partial charge >= 0.3 is 0 Å². The van der Waals surface area contributed by atoms with E-state index < -0.39 is 0 Å². The lowest BCUT2D eigenvalue weighted by molar-refractivity contribution is 0.126. The Bertz CT molecular complexity index is 911. The van der Waals surface area contributed by atoms with E-state index in [0.29, 0.717) is 25.4 Å². The molecule has 3 aromatic rings. The van der Waals surface area contributed by atoms with Crippen molar-refractivity contribution in [2.24, 2.45) is 16.5 Å². The van der Waals surface area contributed by atoms with Crippen molar-refractivity contribution >= 4 is 33.5 Å². The number of nitrogens with zero attached hydrogens (tertiary/aromatic N) is 3. The summed E-state index contributed by atoms with van der Waals surface area (Å²) in [5, 5.41) is 2.23. The van der Waals surface area contributed by atoms with Crippen LogP contribution in [0.4, 0.5) is 5.69 Å². The Morgan fingerprint density at radius 2 is 2.08 bits per heavy atom. The Balaban J connectivity index is 2.10. The number of guanidine groups is 1. The first kappa shape index (κ1) is 17.0. The van der Waals surface area contributed by atoms with Crippen molar-refractivity contribution in [1.29, 1.82) is 0 Å². The van der Waals surface area contributed by atoms with E-state index in [1.165, 1.54) is 0 Å². The maximum Gasteiger partial charge on any atom is 0.185 e. The molecule has 0 aliphatic heterocycles. The molecule has 0 aliphatic carbocycles. The van der Waals surface area contributed by atoms with Gasteiger partial charge in [0.1, 0.15) is 17.9 Å². The zero-order valence-electron chi connectivity index (χ0n) is 14.4. The van der Waals surface area contributed by atoms with Crippen molar-refractivity contribution in [2.75, 3.05) is 18.9 Å². The second-order valence-electron chi connectivity index (χ2n) is 5.86. The fraction of sp³-hybridized carbons (Fsp3) is 0.333. The first-order chi connectivity index (χ1) is 12.1. The number of fused-ring (bicyclic) bond motifs is 3. The number of nitrogen functional groups attached to an aromatic ring is 1. The van der Waals surface area contributed by atoms with E-state index in [9.17, 15) is 0 Å². The van der Waals surface area contributed by atoms with Crippen LogP contribution in [0.5, 0.6) is 0 Å². The summed E-state index contributed by atoms with van der Waals surface area (Å²) in [6.07, 6.45) is 0.797. The van der Waals surface area contributed by atoms with Gasteiger partial charge in [0.2, 0.25) is 0 Å². The van der Waals surface area contributed by atoms with Crippen LogP contribution >= 0.6 is 0 Å². The van der Waals surface area contributed by atoms with Gasteiger partial charge in [-0.3, -0.25) is 4.99 Å². The van der Waals surface area contributed by atoms with Gasteiger partial charge < -0.3 is 26.5 Å². The summed E-state index contributed by atoms with van der Waals surface area (Å²) < 4.78 is 7.77. The van der Waals surface area contributed by atoms with Crippen LogP contribution in [0.3, 0.4) is 0 Å². The van der Waals surface area contributed by atoms with Gasteiger partial charge in [0, 0.05) is 25.1 Å². The largest absolute Gasteiger partial charge is 0.397 e. The fourth-order valence-corrected chi connectivity index (χ4v) is 3.03. The topological polar surface area (TPSA) is 117 Å². The van der Waals surface area contributed by atoms with Crippen LogP contribution in [0, 0.1) is 0 Å². The molecule has 0 aliphatic rings. The normalized spacial score (nSPS) is 11.2. The Kier molecular flexibility index (Phi) is 5.04. The van der Waals surface area contributed by atoms with Crippen molar-refractivity contribution in [2.45, 2.75) is 26.5 Å². The predicted octanol–water partition coefficient (Wildman–Crippen LogP) is 1.97. The van der Waals surface area contributed by atoms with E-state index in [0.717, 1.165) is 40.6 Å². The number of aromatic nitrogens is 2. The molecule has 3 rings (SSSR count). The maximum atomic E-state index is 6.26. The molecule has 0 unspecified atom stereocenters. The summed E-state index contributed by atoms with van der Waals surface area (Å²) in [7, 11) is 0. The van der Waals surface area contributed by atoms with Gasteiger partial charge in [-0.15, -0.1) is 0 Å². The molecule has 2 aromatic carbocycles. The average Bonchev–Trinajstić information content (AvgIpc) is 2.96. The molecule has 0 radical (unpaired) electrons. The highest BCUT2D eigenvalue weighted by molar-refractivity contribution is 6.09. The highest BCUT2D eigenvalue weighted by atomic mass is 16.5. The molecule has 7 heteroatoms. The van der Waals surface area contributed by atoms with Crippen LogP contribution in [0.25, 0.3) is 21.8 Å². The van der Waals surface area contributed by atoms with Crippen LogP contribution in [0.15, 0.2) is 35.3 Å². The van der Waals surface area contributed by atoms with Gasteiger partial charge in [0.25, 0.3) is 0 Å². The molecule has 0 atom stereocenters. The van der Waals surface area contributed by atoms with E-state index in [-0.39, 0.29) is 5.96 Å². The van der Waals surface area contributed by atoms with E-state index in [1.54, 1.807) is 0 Å². The van der Waals surface area contributed by atoms with Gasteiger partial charge in [-0.1, -0.05) is 24.3 Å². The standard InChI is InChI=1S/C18H24N6O/c1-2-25-11-15-23-16-14(19)10-12-6-3-4-7-13(12)17(16)24(15)9-5-8-22-18(20)21/h3-4,6-7,10H,2,5,8-9,11,19H2,1H3,(H4,20,21,22). The molecular formula is C18H24N6O. The summed E-state index contributed by atoms with van der Waals surface area (Å²) >= 11 is 0. The second kappa shape index (κ2) is 7.40. The first-order valence-corrected chi connectivity index (χ1v) is 8.41. The lowest BCUT2D eigenvalue weighted by Crippen LogP contribution is -2.23. The minimum absolute atomic E-state index is 0.111. The third kappa shape index (κ3) is 3.51. The van der Waals surface area contributed by atoms with Gasteiger partial charge in [-0.05, 0) is 24.8 Å². The fourth-order valence-electron chi connectivity index (χ4n) is 3.03. The number of ether oxygens (including phenoxy) is 1. The minimum atomic E-state index is 0.111. The Labute approximate surface area is 146 Å². The molecule has 0 amide bonds. The van der Waals surface area contributed by atoms with Gasteiger partial charge in [-0.25, -0.2) is 4.98 Å². The zero-order valence-corrected chi connectivity index (χ0v) is 14.4. The first-order valence-electron chi connectivity index (χ1n) is 8.41. The van der Waals surface area contributed by atoms with Gasteiger partial charge in [0.05, 0.1) is 11.2 Å². The molecule has 7 nitrogen and oxygen atoms in total. The molecule has 0 fully saturated rings. The van der Waals surface area contributed by atoms with Crippen molar-refractivity contribution < 1.29 is 4.74 Å². The van der Waals surface area contributed by atoms with Crippen LogP contribution < -0.4 is 17.2 Å². The lowest BCUT2D eigenvalue weighted by atomic mass is 10.1. The highest BCUT2D eigenvalue weighted by Crippen LogP contribution is 2.31. The van der Waals surface area contributed by atoms with Crippen molar-refractivity contribution in [3.8, 4) is 0 Å². The molecule has 0 bridgehead atoms.